The Bertz CT molecular complexity index is 1160. The van der Waals surface area contributed by atoms with Crippen molar-refractivity contribution in [3.05, 3.63) is 45.9 Å². The number of amides is 1. The molecule has 0 unspecified atom stereocenters. The molecule has 2 heterocycles. The largest absolute Gasteiger partial charge is 0.455 e. The summed E-state index contributed by atoms with van der Waals surface area (Å²) in [6.45, 7) is 3.11. The first-order valence-corrected chi connectivity index (χ1v) is 11.6. The van der Waals surface area contributed by atoms with Gasteiger partial charge in [0.15, 0.2) is 11.6 Å². The molecule has 1 saturated heterocycles. The lowest BCUT2D eigenvalue weighted by molar-refractivity contribution is -0.384. The smallest absolute Gasteiger partial charge is 0.309 e. The van der Waals surface area contributed by atoms with Gasteiger partial charge in [-0.2, -0.15) is 4.31 Å². The van der Waals surface area contributed by atoms with Crippen LogP contribution in [0.25, 0.3) is 0 Å². The number of nitro benzene ring substituents is 1. The zero-order chi connectivity index (χ0) is 24.3. The molecule has 0 bridgehead atoms. The molecule has 1 aliphatic heterocycles. The number of nitrogens with one attached hydrogen (secondary N) is 1. The summed E-state index contributed by atoms with van der Waals surface area (Å²) in [6, 6.07) is 4.06. The normalized spacial score (nSPS) is 15.2. The SMILES string of the molecule is Cc1ccc([N+](=O)[O-])cc1NC(=O)COC(=O)C1CCN(S(=O)(=O)c2cn(C)c(C)n2)CC1. The fourth-order valence-electron chi connectivity index (χ4n) is 3.41. The molecular weight excluding hydrogens is 454 g/mol. The van der Waals surface area contributed by atoms with Gasteiger partial charge in [-0.15, -0.1) is 0 Å². The molecule has 3 rings (SSSR count). The Morgan fingerprint density at radius 3 is 2.52 bits per heavy atom. The van der Waals surface area contributed by atoms with E-state index in [9.17, 15) is 28.1 Å². The number of rotatable bonds is 7. The number of carbonyl (C=O) groups excluding carboxylic acids is 2. The fraction of sp³-hybridized carbons (Fsp3) is 0.450. The van der Waals surface area contributed by atoms with Crippen molar-refractivity contribution in [1.82, 2.24) is 13.9 Å². The number of ether oxygens (including phenoxy) is 1. The Morgan fingerprint density at radius 2 is 1.94 bits per heavy atom. The molecule has 1 fully saturated rings. The second kappa shape index (κ2) is 9.67. The number of nitrogens with zero attached hydrogens (tertiary/aromatic N) is 4. The number of non-ortho nitro benzene ring substituents is 1. The highest BCUT2D eigenvalue weighted by atomic mass is 32.2. The van der Waals surface area contributed by atoms with E-state index in [0.717, 1.165) is 0 Å². The third-order valence-electron chi connectivity index (χ3n) is 5.53. The summed E-state index contributed by atoms with van der Waals surface area (Å²) in [6.07, 6.45) is 1.97. The van der Waals surface area contributed by atoms with E-state index in [0.29, 0.717) is 11.4 Å². The molecule has 0 aliphatic carbocycles. The maximum absolute atomic E-state index is 12.8. The number of sulfonamides is 1. The Balaban J connectivity index is 1.51. The summed E-state index contributed by atoms with van der Waals surface area (Å²) in [5.41, 5.74) is 0.709. The summed E-state index contributed by atoms with van der Waals surface area (Å²) in [5, 5.41) is 13.4. The van der Waals surface area contributed by atoms with Gasteiger partial charge in [0.1, 0.15) is 5.82 Å². The lowest BCUT2D eigenvalue weighted by Crippen LogP contribution is -2.41. The molecule has 13 heteroatoms. The van der Waals surface area contributed by atoms with Crippen molar-refractivity contribution in [3.63, 3.8) is 0 Å². The topological polar surface area (TPSA) is 154 Å². The van der Waals surface area contributed by atoms with E-state index in [-0.39, 0.29) is 42.3 Å². The van der Waals surface area contributed by atoms with Gasteiger partial charge in [-0.25, -0.2) is 13.4 Å². The van der Waals surface area contributed by atoms with Crippen molar-refractivity contribution in [2.45, 2.75) is 31.7 Å². The van der Waals surface area contributed by atoms with Gasteiger partial charge in [-0.1, -0.05) is 6.07 Å². The molecule has 1 aliphatic rings. The Labute approximate surface area is 190 Å². The summed E-state index contributed by atoms with van der Waals surface area (Å²) in [5.74, 6) is -1.18. The average molecular weight is 480 g/mol. The second-order valence-electron chi connectivity index (χ2n) is 7.83. The highest BCUT2D eigenvalue weighted by Gasteiger charge is 2.34. The summed E-state index contributed by atoms with van der Waals surface area (Å²) in [4.78, 5) is 38.9. The maximum Gasteiger partial charge on any atom is 0.309 e. The molecule has 0 saturated carbocycles. The van der Waals surface area contributed by atoms with Gasteiger partial charge < -0.3 is 14.6 Å². The molecule has 1 aromatic carbocycles. The van der Waals surface area contributed by atoms with Gasteiger partial charge in [0.05, 0.1) is 16.5 Å². The standard InChI is InChI=1S/C20H25N5O7S/c1-13-4-5-16(25(28)29)10-17(13)22-18(26)12-32-20(27)15-6-8-24(9-7-15)33(30,31)19-11-23(3)14(2)21-19/h4-5,10-11,15H,6-9,12H2,1-3H3,(H,22,26). The quantitative estimate of drug-likeness (QED) is 0.356. The van der Waals surface area contributed by atoms with Crippen LogP contribution in [0.1, 0.15) is 24.2 Å². The highest BCUT2D eigenvalue weighted by Crippen LogP contribution is 2.25. The predicted molar refractivity (Wildman–Crippen MR) is 117 cm³/mol. The van der Waals surface area contributed by atoms with E-state index < -0.39 is 39.3 Å². The molecular formula is C20H25N5O7S. The fourth-order valence-corrected chi connectivity index (χ4v) is 4.91. The molecule has 33 heavy (non-hydrogen) atoms. The number of piperidine rings is 1. The van der Waals surface area contributed by atoms with Crippen LogP contribution in [0.3, 0.4) is 0 Å². The minimum atomic E-state index is -3.75. The van der Waals surface area contributed by atoms with Gasteiger partial charge in [0.25, 0.3) is 21.6 Å². The molecule has 1 amide bonds. The Hall–Kier alpha value is -3.32. The first-order valence-electron chi connectivity index (χ1n) is 10.2. The first-order chi connectivity index (χ1) is 15.5. The second-order valence-corrected chi connectivity index (χ2v) is 9.71. The van der Waals surface area contributed by atoms with E-state index in [4.69, 9.17) is 4.74 Å². The molecule has 0 spiro atoms. The van der Waals surface area contributed by atoms with E-state index in [1.54, 1.807) is 25.5 Å². The van der Waals surface area contributed by atoms with Crippen LogP contribution in [-0.2, 0) is 31.4 Å². The number of benzene rings is 1. The van der Waals surface area contributed by atoms with E-state index in [1.807, 2.05) is 0 Å². The van der Waals surface area contributed by atoms with Crippen molar-refractivity contribution >= 4 is 33.3 Å². The van der Waals surface area contributed by atoms with Gasteiger partial charge in [0, 0.05) is 38.5 Å². The van der Waals surface area contributed by atoms with Crippen LogP contribution in [0.4, 0.5) is 11.4 Å². The van der Waals surface area contributed by atoms with Gasteiger partial charge in [0.2, 0.25) is 0 Å². The highest BCUT2D eigenvalue weighted by molar-refractivity contribution is 7.89. The van der Waals surface area contributed by atoms with E-state index in [2.05, 4.69) is 10.3 Å². The van der Waals surface area contributed by atoms with Crippen LogP contribution < -0.4 is 5.32 Å². The molecule has 1 aromatic heterocycles. The van der Waals surface area contributed by atoms with Gasteiger partial charge >= 0.3 is 5.97 Å². The molecule has 0 radical (unpaired) electrons. The van der Waals surface area contributed by atoms with Crippen molar-refractivity contribution in [2.75, 3.05) is 25.0 Å². The number of anilines is 1. The number of esters is 1. The molecule has 1 N–H and O–H groups in total. The first kappa shape index (κ1) is 24.3. The number of hydrogen-bond donors (Lipinski definition) is 1. The summed E-state index contributed by atoms with van der Waals surface area (Å²) >= 11 is 0. The predicted octanol–water partition coefficient (Wildman–Crippen LogP) is 1.53. The summed E-state index contributed by atoms with van der Waals surface area (Å²) in [7, 11) is -2.04. The average Bonchev–Trinajstić information content (AvgIpc) is 3.12. The number of nitro groups is 1. The number of aryl methyl sites for hydroxylation is 3. The minimum Gasteiger partial charge on any atom is -0.455 e. The number of carbonyl (C=O) groups is 2. The maximum atomic E-state index is 12.8. The van der Waals surface area contributed by atoms with Crippen LogP contribution in [0.2, 0.25) is 0 Å². The Morgan fingerprint density at radius 1 is 1.27 bits per heavy atom. The number of imidazole rings is 1. The van der Waals surface area contributed by atoms with Crippen molar-refractivity contribution in [1.29, 1.82) is 0 Å². The van der Waals surface area contributed by atoms with Crippen molar-refractivity contribution in [3.8, 4) is 0 Å². The third kappa shape index (κ3) is 5.54. The summed E-state index contributed by atoms with van der Waals surface area (Å²) < 4.78 is 33.5. The molecule has 2 aromatic rings. The van der Waals surface area contributed by atoms with Gasteiger partial charge in [-0.3, -0.25) is 19.7 Å². The molecule has 0 atom stereocenters. The molecule has 12 nitrogen and oxygen atoms in total. The number of hydrogen-bond acceptors (Lipinski definition) is 8. The van der Waals surface area contributed by atoms with Crippen LogP contribution in [0.5, 0.6) is 0 Å². The van der Waals surface area contributed by atoms with Crippen LogP contribution in [0.15, 0.2) is 29.4 Å². The third-order valence-corrected chi connectivity index (χ3v) is 7.30. The van der Waals surface area contributed by atoms with E-state index in [1.165, 1.54) is 28.7 Å². The monoisotopic (exact) mass is 479 g/mol. The zero-order valence-electron chi connectivity index (χ0n) is 18.5. The minimum absolute atomic E-state index is 0.0309. The Kier molecular flexibility index (Phi) is 7.12. The number of aromatic nitrogens is 2. The van der Waals surface area contributed by atoms with Crippen molar-refractivity contribution in [2.24, 2.45) is 13.0 Å². The lowest BCUT2D eigenvalue weighted by Gasteiger charge is -2.29. The van der Waals surface area contributed by atoms with Crippen LogP contribution in [0, 0.1) is 29.9 Å². The van der Waals surface area contributed by atoms with Gasteiger partial charge in [-0.05, 0) is 32.3 Å². The van der Waals surface area contributed by atoms with Crippen LogP contribution >= 0.6 is 0 Å². The van der Waals surface area contributed by atoms with Crippen molar-refractivity contribution < 1.29 is 27.7 Å². The zero-order valence-corrected chi connectivity index (χ0v) is 19.3. The molecule has 178 valence electrons. The lowest BCUT2D eigenvalue weighted by atomic mass is 9.98. The van der Waals surface area contributed by atoms with Crippen LogP contribution in [-0.4, -0.2) is 58.8 Å². The van der Waals surface area contributed by atoms with E-state index >= 15 is 0 Å².